The number of anilines is 1. The Hall–Kier alpha value is -0.900. The summed E-state index contributed by atoms with van der Waals surface area (Å²) in [5.41, 5.74) is 1.00. The van der Waals surface area contributed by atoms with Crippen LogP contribution in [-0.4, -0.2) is 12.0 Å². The molecule has 1 aromatic carbocycles. The predicted molar refractivity (Wildman–Crippen MR) is 79.8 cm³/mol. The number of aromatic nitrogens is 1. The predicted octanol–water partition coefficient (Wildman–Crippen LogP) is 4.72. The summed E-state index contributed by atoms with van der Waals surface area (Å²) < 4.78 is 0. The second kappa shape index (κ2) is 6.32. The molecule has 1 N–H and O–H groups in total. The Bertz CT molecular complexity index is 546. The van der Waals surface area contributed by atoms with Gasteiger partial charge in [-0.25, -0.2) is 4.98 Å². The van der Waals surface area contributed by atoms with Crippen molar-refractivity contribution in [1.29, 1.82) is 0 Å². The summed E-state index contributed by atoms with van der Waals surface area (Å²) >= 11 is 13.7. The molecule has 0 saturated carbocycles. The summed E-state index contributed by atoms with van der Waals surface area (Å²) in [6.07, 6.45) is 0. The Labute approximate surface area is 121 Å². The fourth-order valence-corrected chi connectivity index (χ4v) is 2.84. The van der Waals surface area contributed by atoms with Gasteiger partial charge in [-0.3, -0.25) is 0 Å². The van der Waals surface area contributed by atoms with E-state index in [1.807, 2.05) is 37.4 Å². The van der Waals surface area contributed by atoms with E-state index in [-0.39, 0.29) is 0 Å². The topological polar surface area (TPSA) is 24.9 Å². The average Bonchev–Trinajstić information content (AvgIpc) is 2.40. The van der Waals surface area contributed by atoms with Gasteiger partial charge in [0.25, 0.3) is 0 Å². The van der Waals surface area contributed by atoms with Crippen LogP contribution in [-0.2, 0) is 5.75 Å². The second-order valence-corrected chi connectivity index (χ2v) is 5.49. The van der Waals surface area contributed by atoms with E-state index in [4.69, 9.17) is 23.2 Å². The summed E-state index contributed by atoms with van der Waals surface area (Å²) in [6, 6.07) is 11.4. The highest BCUT2D eigenvalue weighted by Gasteiger charge is 2.04. The van der Waals surface area contributed by atoms with Gasteiger partial charge < -0.3 is 5.32 Å². The SMILES string of the molecule is CNc1cccc(CSc2cc(Cl)ccc2Cl)n1. The third kappa shape index (κ3) is 3.55. The van der Waals surface area contributed by atoms with Gasteiger partial charge in [0.05, 0.1) is 10.7 Å². The van der Waals surface area contributed by atoms with Crippen molar-refractivity contribution >= 4 is 40.8 Å². The molecule has 0 atom stereocenters. The molecule has 2 nitrogen and oxygen atoms in total. The molecule has 1 aromatic heterocycles. The molecule has 18 heavy (non-hydrogen) atoms. The molecular formula is C13H12Cl2N2S. The number of pyridine rings is 1. The van der Waals surface area contributed by atoms with Crippen molar-refractivity contribution in [1.82, 2.24) is 4.98 Å². The Morgan fingerprint density at radius 1 is 1.22 bits per heavy atom. The number of nitrogens with zero attached hydrogens (tertiary/aromatic N) is 1. The third-order valence-corrected chi connectivity index (χ3v) is 4.10. The highest BCUT2D eigenvalue weighted by Crippen LogP contribution is 2.31. The van der Waals surface area contributed by atoms with Gasteiger partial charge in [0.1, 0.15) is 5.82 Å². The van der Waals surface area contributed by atoms with Crippen LogP contribution in [0.1, 0.15) is 5.69 Å². The molecule has 0 aliphatic carbocycles. The first-order valence-corrected chi connectivity index (χ1v) is 7.15. The highest BCUT2D eigenvalue weighted by molar-refractivity contribution is 7.98. The zero-order chi connectivity index (χ0) is 13.0. The van der Waals surface area contributed by atoms with E-state index in [1.165, 1.54) is 0 Å². The fraction of sp³-hybridized carbons (Fsp3) is 0.154. The Kier molecular flexibility index (Phi) is 4.75. The normalized spacial score (nSPS) is 10.4. The van der Waals surface area contributed by atoms with E-state index in [2.05, 4.69) is 10.3 Å². The minimum absolute atomic E-state index is 0.693. The molecule has 0 unspecified atom stereocenters. The maximum absolute atomic E-state index is 6.11. The molecule has 0 aliphatic heterocycles. The largest absolute Gasteiger partial charge is 0.373 e. The maximum atomic E-state index is 6.11. The molecule has 1 heterocycles. The van der Waals surface area contributed by atoms with Crippen LogP contribution in [0, 0.1) is 0 Å². The molecule has 0 aliphatic rings. The zero-order valence-electron chi connectivity index (χ0n) is 9.78. The van der Waals surface area contributed by atoms with Crippen molar-refractivity contribution in [2.24, 2.45) is 0 Å². The lowest BCUT2D eigenvalue weighted by atomic mass is 10.4. The van der Waals surface area contributed by atoms with E-state index >= 15 is 0 Å². The van der Waals surface area contributed by atoms with Crippen LogP contribution in [0.15, 0.2) is 41.3 Å². The minimum Gasteiger partial charge on any atom is -0.373 e. The van der Waals surface area contributed by atoms with E-state index in [0.29, 0.717) is 10.0 Å². The van der Waals surface area contributed by atoms with E-state index in [1.54, 1.807) is 17.8 Å². The van der Waals surface area contributed by atoms with Crippen LogP contribution < -0.4 is 5.32 Å². The van der Waals surface area contributed by atoms with E-state index < -0.39 is 0 Å². The van der Waals surface area contributed by atoms with Gasteiger partial charge in [-0.15, -0.1) is 11.8 Å². The lowest BCUT2D eigenvalue weighted by Crippen LogP contribution is -1.94. The number of benzene rings is 1. The quantitative estimate of drug-likeness (QED) is 0.827. The van der Waals surface area contributed by atoms with Gasteiger partial charge in [0.2, 0.25) is 0 Å². The van der Waals surface area contributed by atoms with Gasteiger partial charge in [0.15, 0.2) is 0 Å². The molecule has 94 valence electrons. The first-order chi connectivity index (χ1) is 8.69. The maximum Gasteiger partial charge on any atom is 0.125 e. The lowest BCUT2D eigenvalue weighted by Gasteiger charge is -2.06. The molecule has 0 spiro atoms. The molecular weight excluding hydrogens is 287 g/mol. The van der Waals surface area contributed by atoms with Gasteiger partial charge in [-0.05, 0) is 30.3 Å². The molecule has 0 saturated heterocycles. The van der Waals surface area contributed by atoms with Gasteiger partial charge in [-0.1, -0.05) is 29.3 Å². The smallest absolute Gasteiger partial charge is 0.125 e. The summed E-state index contributed by atoms with van der Waals surface area (Å²) in [5.74, 6) is 1.63. The van der Waals surface area contributed by atoms with Crippen molar-refractivity contribution in [3.05, 3.63) is 52.1 Å². The molecule has 2 rings (SSSR count). The number of halogens is 2. The molecule has 0 fully saturated rings. The third-order valence-electron chi connectivity index (χ3n) is 2.33. The summed E-state index contributed by atoms with van der Waals surface area (Å²) in [6.45, 7) is 0. The minimum atomic E-state index is 0.693. The Balaban J connectivity index is 2.08. The van der Waals surface area contributed by atoms with Crippen LogP contribution in [0.25, 0.3) is 0 Å². The molecule has 0 radical (unpaired) electrons. The zero-order valence-corrected chi connectivity index (χ0v) is 12.1. The number of hydrogen-bond acceptors (Lipinski definition) is 3. The second-order valence-electron chi connectivity index (χ2n) is 3.63. The van der Waals surface area contributed by atoms with Crippen molar-refractivity contribution in [3.8, 4) is 0 Å². The number of thioether (sulfide) groups is 1. The van der Waals surface area contributed by atoms with Crippen molar-refractivity contribution < 1.29 is 0 Å². The van der Waals surface area contributed by atoms with Gasteiger partial charge in [-0.2, -0.15) is 0 Å². The number of nitrogens with one attached hydrogen (secondary N) is 1. The Morgan fingerprint density at radius 3 is 2.83 bits per heavy atom. The monoisotopic (exact) mass is 298 g/mol. The van der Waals surface area contributed by atoms with Crippen LogP contribution >= 0.6 is 35.0 Å². The highest BCUT2D eigenvalue weighted by atomic mass is 35.5. The van der Waals surface area contributed by atoms with Crippen LogP contribution in [0.4, 0.5) is 5.82 Å². The van der Waals surface area contributed by atoms with Crippen molar-refractivity contribution in [2.45, 2.75) is 10.6 Å². The molecule has 2 aromatic rings. The van der Waals surface area contributed by atoms with Crippen molar-refractivity contribution in [3.63, 3.8) is 0 Å². The summed E-state index contributed by atoms with van der Waals surface area (Å²) in [4.78, 5) is 5.42. The molecule has 5 heteroatoms. The Morgan fingerprint density at radius 2 is 2.06 bits per heavy atom. The fourth-order valence-electron chi connectivity index (χ4n) is 1.44. The van der Waals surface area contributed by atoms with Crippen molar-refractivity contribution in [2.75, 3.05) is 12.4 Å². The van der Waals surface area contributed by atoms with Crippen LogP contribution in [0.2, 0.25) is 10.0 Å². The average molecular weight is 299 g/mol. The van der Waals surface area contributed by atoms with Gasteiger partial charge >= 0.3 is 0 Å². The standard InChI is InChI=1S/C13H12Cl2N2S/c1-16-13-4-2-3-10(17-13)8-18-12-7-9(14)5-6-11(12)15/h2-7H,8H2,1H3,(H,16,17). The van der Waals surface area contributed by atoms with E-state index in [9.17, 15) is 0 Å². The molecule has 0 amide bonds. The van der Waals surface area contributed by atoms with Crippen LogP contribution in [0.3, 0.4) is 0 Å². The summed E-state index contributed by atoms with van der Waals surface area (Å²) in [7, 11) is 1.85. The number of hydrogen-bond donors (Lipinski definition) is 1. The first kappa shape index (κ1) is 13.5. The van der Waals surface area contributed by atoms with Gasteiger partial charge in [0, 0.05) is 22.7 Å². The number of rotatable bonds is 4. The van der Waals surface area contributed by atoms with Crippen LogP contribution in [0.5, 0.6) is 0 Å². The van der Waals surface area contributed by atoms with E-state index in [0.717, 1.165) is 22.2 Å². The first-order valence-electron chi connectivity index (χ1n) is 5.40. The summed E-state index contributed by atoms with van der Waals surface area (Å²) in [5, 5.41) is 4.43. The lowest BCUT2D eigenvalue weighted by molar-refractivity contribution is 1.16. The molecule has 0 bridgehead atoms.